The van der Waals surface area contributed by atoms with Crippen LogP contribution in [0.25, 0.3) is 10.2 Å². The second-order valence-corrected chi connectivity index (χ2v) is 7.51. The van der Waals surface area contributed by atoms with Gasteiger partial charge in [-0.2, -0.15) is 0 Å². The molecule has 108 valence electrons. The van der Waals surface area contributed by atoms with E-state index in [0.717, 1.165) is 40.6 Å². The van der Waals surface area contributed by atoms with Crippen LogP contribution in [0.4, 0.5) is 0 Å². The van der Waals surface area contributed by atoms with Crippen molar-refractivity contribution in [2.24, 2.45) is 0 Å². The van der Waals surface area contributed by atoms with E-state index in [4.69, 9.17) is 4.98 Å². The number of nitrogens with zero attached hydrogens (tertiary/aromatic N) is 2. The van der Waals surface area contributed by atoms with Gasteiger partial charge >= 0.3 is 0 Å². The molecule has 0 saturated carbocycles. The van der Waals surface area contributed by atoms with Gasteiger partial charge in [0.2, 0.25) is 0 Å². The first-order valence-electron chi connectivity index (χ1n) is 7.14. The van der Waals surface area contributed by atoms with Crippen LogP contribution in [0.15, 0.2) is 9.95 Å². The number of thiophene rings is 1. The van der Waals surface area contributed by atoms with E-state index in [9.17, 15) is 4.79 Å². The summed E-state index contributed by atoms with van der Waals surface area (Å²) in [7, 11) is 2.21. The van der Waals surface area contributed by atoms with Crippen molar-refractivity contribution in [1.82, 2.24) is 9.55 Å². The number of likely N-dealkylation sites (N-methyl/N-ethyl adjacent to an activating group) is 1. The summed E-state index contributed by atoms with van der Waals surface area (Å²) in [5.74, 6) is 0.940. The van der Waals surface area contributed by atoms with Crippen molar-refractivity contribution in [3.05, 3.63) is 20.8 Å². The van der Waals surface area contributed by atoms with Crippen LogP contribution in [0.1, 0.15) is 24.3 Å². The maximum Gasteiger partial charge on any atom is 0.263 e. The maximum atomic E-state index is 12.8. The highest BCUT2D eigenvalue weighted by molar-refractivity contribution is 7.99. The van der Waals surface area contributed by atoms with Crippen LogP contribution in [-0.2, 0) is 19.5 Å². The zero-order chi connectivity index (χ0) is 14.3. The van der Waals surface area contributed by atoms with Gasteiger partial charge in [-0.25, -0.2) is 4.98 Å². The molecule has 0 saturated heterocycles. The lowest BCUT2D eigenvalue weighted by Gasteiger charge is -2.19. The van der Waals surface area contributed by atoms with Crippen molar-refractivity contribution in [2.45, 2.75) is 38.5 Å². The quantitative estimate of drug-likeness (QED) is 0.683. The Morgan fingerprint density at radius 3 is 2.95 bits per heavy atom. The Morgan fingerprint density at radius 1 is 1.45 bits per heavy atom. The molecule has 3 heterocycles. The Morgan fingerprint density at radius 2 is 2.25 bits per heavy atom. The largest absolute Gasteiger partial charge is 0.333 e. The SMILES string of the molecule is CCSc1nc2sc3c(c2c(=O)n1CC)CC[NH+](C)C3. The summed E-state index contributed by atoms with van der Waals surface area (Å²) >= 11 is 3.37. The summed E-state index contributed by atoms with van der Waals surface area (Å²) in [6.07, 6.45) is 1.00. The third kappa shape index (κ3) is 2.19. The molecule has 3 rings (SSSR count). The normalized spacial score (nSPS) is 18.4. The van der Waals surface area contributed by atoms with Crippen LogP contribution in [0.5, 0.6) is 0 Å². The van der Waals surface area contributed by atoms with Crippen molar-refractivity contribution in [3.8, 4) is 0 Å². The lowest BCUT2D eigenvalue weighted by Crippen LogP contribution is -3.08. The molecule has 1 aliphatic rings. The van der Waals surface area contributed by atoms with E-state index >= 15 is 0 Å². The minimum Gasteiger partial charge on any atom is -0.333 e. The predicted molar refractivity (Wildman–Crippen MR) is 85.1 cm³/mol. The topological polar surface area (TPSA) is 39.3 Å². The van der Waals surface area contributed by atoms with Gasteiger partial charge in [0.1, 0.15) is 11.4 Å². The number of rotatable bonds is 3. The third-order valence-electron chi connectivity index (χ3n) is 3.81. The zero-order valence-electron chi connectivity index (χ0n) is 12.2. The Bertz CT molecular complexity index is 704. The monoisotopic (exact) mass is 310 g/mol. The number of aromatic nitrogens is 2. The Hall–Kier alpha value is -0.850. The summed E-state index contributed by atoms with van der Waals surface area (Å²) in [5, 5.41) is 1.76. The number of quaternary nitrogens is 1. The number of hydrogen-bond acceptors (Lipinski definition) is 4. The third-order valence-corrected chi connectivity index (χ3v) is 5.80. The smallest absolute Gasteiger partial charge is 0.263 e. The molecule has 2 aromatic heterocycles. The standard InChI is InChI=1S/C14H19N3OS2/c1-4-17-13(18)11-9-6-7-16(3)8-10(9)20-12(11)15-14(17)19-5-2/h4-8H2,1-3H3/p+1. The van der Waals surface area contributed by atoms with Crippen LogP contribution >= 0.6 is 23.1 Å². The zero-order valence-corrected chi connectivity index (χ0v) is 13.8. The van der Waals surface area contributed by atoms with Gasteiger partial charge in [0.05, 0.1) is 23.9 Å². The van der Waals surface area contributed by atoms with E-state index in [-0.39, 0.29) is 5.56 Å². The predicted octanol–water partition coefficient (Wildman–Crippen LogP) is 1.16. The second kappa shape index (κ2) is 5.50. The van der Waals surface area contributed by atoms with E-state index < -0.39 is 0 Å². The van der Waals surface area contributed by atoms with Gasteiger partial charge in [-0.1, -0.05) is 18.7 Å². The highest BCUT2D eigenvalue weighted by Gasteiger charge is 2.25. The lowest BCUT2D eigenvalue weighted by molar-refractivity contribution is -0.895. The van der Waals surface area contributed by atoms with Crippen LogP contribution in [0.3, 0.4) is 0 Å². The summed E-state index contributed by atoms with van der Waals surface area (Å²) in [5.41, 5.74) is 1.42. The second-order valence-electron chi connectivity index (χ2n) is 5.19. The molecule has 0 amide bonds. The average Bonchev–Trinajstić information content (AvgIpc) is 2.76. The average molecular weight is 310 g/mol. The van der Waals surface area contributed by atoms with Gasteiger partial charge < -0.3 is 4.90 Å². The molecule has 20 heavy (non-hydrogen) atoms. The molecule has 0 aliphatic carbocycles. The fourth-order valence-electron chi connectivity index (χ4n) is 2.79. The van der Waals surface area contributed by atoms with Crippen LogP contribution in [-0.4, -0.2) is 28.9 Å². The molecule has 4 nitrogen and oxygen atoms in total. The molecular weight excluding hydrogens is 290 g/mol. The van der Waals surface area contributed by atoms with Crippen LogP contribution in [0, 0.1) is 0 Å². The highest BCUT2D eigenvalue weighted by atomic mass is 32.2. The molecule has 1 N–H and O–H groups in total. The van der Waals surface area contributed by atoms with Crippen LogP contribution < -0.4 is 10.5 Å². The Kier molecular flexibility index (Phi) is 3.88. The first kappa shape index (κ1) is 14.1. The van der Waals surface area contributed by atoms with E-state index in [1.165, 1.54) is 15.3 Å². The minimum absolute atomic E-state index is 0.158. The molecule has 0 fully saturated rings. The fourth-order valence-corrected chi connectivity index (χ4v) is 4.96. The first-order valence-corrected chi connectivity index (χ1v) is 8.95. The van der Waals surface area contributed by atoms with Gasteiger partial charge in [0, 0.05) is 13.0 Å². The Balaban J connectivity index is 2.26. The number of hydrogen-bond donors (Lipinski definition) is 1. The molecule has 0 radical (unpaired) electrons. The Labute approximate surface area is 126 Å². The molecule has 2 aromatic rings. The molecule has 1 unspecified atom stereocenters. The van der Waals surface area contributed by atoms with Gasteiger partial charge in [0.25, 0.3) is 5.56 Å². The molecule has 1 atom stereocenters. The van der Waals surface area contributed by atoms with Crippen molar-refractivity contribution >= 4 is 33.3 Å². The van der Waals surface area contributed by atoms with Crippen molar-refractivity contribution in [3.63, 3.8) is 0 Å². The van der Waals surface area contributed by atoms with Crippen molar-refractivity contribution < 1.29 is 4.90 Å². The molecule has 0 bridgehead atoms. The number of thioether (sulfide) groups is 1. The number of nitrogens with one attached hydrogen (secondary N) is 1. The number of fused-ring (bicyclic) bond motifs is 3. The van der Waals surface area contributed by atoms with Gasteiger partial charge in [-0.15, -0.1) is 11.3 Å². The van der Waals surface area contributed by atoms with E-state index in [2.05, 4.69) is 14.0 Å². The molecular formula is C14H20N3OS2+. The van der Waals surface area contributed by atoms with Crippen LogP contribution in [0.2, 0.25) is 0 Å². The molecule has 6 heteroatoms. The highest BCUT2D eigenvalue weighted by Crippen LogP contribution is 2.30. The summed E-state index contributed by atoms with van der Waals surface area (Å²) < 4.78 is 1.83. The van der Waals surface area contributed by atoms with Gasteiger partial charge in [-0.05, 0) is 18.2 Å². The lowest BCUT2D eigenvalue weighted by atomic mass is 10.1. The summed E-state index contributed by atoms with van der Waals surface area (Å²) in [6, 6.07) is 0. The molecule has 0 aromatic carbocycles. The van der Waals surface area contributed by atoms with E-state index in [1.807, 2.05) is 11.5 Å². The van der Waals surface area contributed by atoms with E-state index in [0.29, 0.717) is 6.54 Å². The van der Waals surface area contributed by atoms with Crippen molar-refractivity contribution in [2.75, 3.05) is 19.3 Å². The van der Waals surface area contributed by atoms with E-state index in [1.54, 1.807) is 23.1 Å². The van der Waals surface area contributed by atoms with Gasteiger partial charge in [0.15, 0.2) is 5.16 Å². The maximum absolute atomic E-state index is 12.8. The van der Waals surface area contributed by atoms with Crippen molar-refractivity contribution in [1.29, 1.82) is 0 Å². The minimum atomic E-state index is 0.158. The fraction of sp³-hybridized carbons (Fsp3) is 0.571. The molecule has 0 spiro atoms. The van der Waals surface area contributed by atoms with Gasteiger partial charge in [-0.3, -0.25) is 9.36 Å². The first-order chi connectivity index (χ1) is 9.65. The summed E-state index contributed by atoms with van der Waals surface area (Å²) in [6.45, 7) is 6.94. The summed E-state index contributed by atoms with van der Waals surface area (Å²) in [4.78, 5) is 21.4. The molecule has 1 aliphatic heterocycles.